The lowest BCUT2D eigenvalue weighted by atomic mass is 10.3. The van der Waals surface area contributed by atoms with Crippen LogP contribution in [-0.2, 0) is 0 Å². The number of aliphatic hydroxyl groups is 1. The Hall–Kier alpha value is -3.63. The molecule has 2 heterocycles. The zero-order chi connectivity index (χ0) is 21.6. The molecule has 4 aromatic rings. The number of para-hydroxylation sites is 1. The summed E-state index contributed by atoms with van der Waals surface area (Å²) in [5.74, 6) is 1.75. The van der Waals surface area contributed by atoms with Crippen LogP contribution in [0.1, 0.15) is 0 Å². The Kier molecular flexibility index (Phi) is 6.29. The normalized spacial score (nSPS) is 11.9. The molecule has 9 nitrogen and oxygen atoms in total. The van der Waals surface area contributed by atoms with Gasteiger partial charge in [-0.15, -0.1) is 10.2 Å². The van der Waals surface area contributed by atoms with Gasteiger partial charge in [-0.25, -0.2) is 0 Å². The Morgan fingerprint density at radius 2 is 1.97 bits per heavy atom. The molecular weight excluding hydrogens is 420 g/mol. The Balaban J connectivity index is 1.45. The van der Waals surface area contributed by atoms with Gasteiger partial charge in [0.25, 0.3) is 5.69 Å². The number of nitro groups is 1. The smallest absolute Gasteiger partial charge is 0.273 e. The third-order valence-electron chi connectivity index (χ3n) is 4.26. The molecule has 0 aliphatic carbocycles. The lowest BCUT2D eigenvalue weighted by molar-refractivity contribution is -0.384. The maximum atomic E-state index is 10.9. The molecule has 0 saturated heterocycles. The van der Waals surface area contributed by atoms with Gasteiger partial charge in [-0.05, 0) is 30.3 Å². The third-order valence-corrected chi connectivity index (χ3v) is 5.34. The Morgan fingerprint density at radius 1 is 1.13 bits per heavy atom. The molecule has 0 radical (unpaired) electrons. The molecule has 10 heteroatoms. The highest BCUT2D eigenvalue weighted by Gasteiger charge is 2.19. The van der Waals surface area contributed by atoms with Gasteiger partial charge in [0.1, 0.15) is 12.4 Å². The van der Waals surface area contributed by atoms with E-state index in [4.69, 9.17) is 9.15 Å². The van der Waals surface area contributed by atoms with Gasteiger partial charge in [0.15, 0.2) is 10.9 Å². The Morgan fingerprint density at radius 3 is 2.71 bits per heavy atom. The van der Waals surface area contributed by atoms with E-state index in [1.54, 1.807) is 24.5 Å². The summed E-state index contributed by atoms with van der Waals surface area (Å²) in [6.07, 6.45) is 0.749. The molecule has 158 valence electrons. The van der Waals surface area contributed by atoms with E-state index in [2.05, 4.69) is 10.2 Å². The zero-order valence-electron chi connectivity index (χ0n) is 16.2. The van der Waals surface area contributed by atoms with E-state index in [0.29, 0.717) is 22.5 Å². The van der Waals surface area contributed by atoms with Crippen LogP contribution in [0.5, 0.6) is 5.75 Å². The molecule has 1 N–H and O–H groups in total. The molecule has 0 fully saturated rings. The summed E-state index contributed by atoms with van der Waals surface area (Å²) in [4.78, 5) is 10.4. The van der Waals surface area contributed by atoms with Crippen molar-refractivity contribution in [2.24, 2.45) is 0 Å². The lowest BCUT2D eigenvalue weighted by Crippen LogP contribution is -2.20. The monoisotopic (exact) mass is 438 g/mol. The highest BCUT2D eigenvalue weighted by atomic mass is 32.2. The predicted octanol–water partition coefficient (Wildman–Crippen LogP) is 3.97. The number of thioether (sulfide) groups is 1. The van der Waals surface area contributed by atoms with Crippen molar-refractivity contribution in [1.29, 1.82) is 0 Å². The minimum Gasteiger partial charge on any atom is -0.491 e. The van der Waals surface area contributed by atoms with Crippen LogP contribution in [0, 0.1) is 10.1 Å². The van der Waals surface area contributed by atoms with Crippen LogP contribution in [-0.4, -0.2) is 43.3 Å². The number of non-ortho nitro benzene ring substituents is 1. The number of nitrogens with zero attached hydrogens (tertiary/aromatic N) is 4. The SMILES string of the molecule is O=[N+]([O-])c1cccc(OCC(O)CSc2nnc(-c3ccco3)n2-c2ccccc2)c1. The van der Waals surface area contributed by atoms with E-state index < -0.39 is 11.0 Å². The molecule has 0 amide bonds. The number of furan rings is 1. The standard InChI is InChI=1S/C21H18N4O5S/c26-17(13-30-18-9-4-8-16(12-18)25(27)28)14-31-21-23-22-20(19-10-5-11-29-19)24(21)15-6-2-1-3-7-15/h1-12,17,26H,13-14H2. The van der Waals surface area contributed by atoms with Crippen LogP contribution in [0.2, 0.25) is 0 Å². The van der Waals surface area contributed by atoms with Gasteiger partial charge in [-0.2, -0.15) is 0 Å². The number of nitro benzene ring substituents is 1. The fraction of sp³-hybridized carbons (Fsp3) is 0.143. The summed E-state index contributed by atoms with van der Waals surface area (Å²) in [6.45, 7) is -0.0152. The summed E-state index contributed by atoms with van der Waals surface area (Å²) in [5, 5.41) is 30.3. The minimum atomic E-state index is -0.822. The Labute approximate surface area is 181 Å². The molecule has 0 aliphatic heterocycles. The summed E-state index contributed by atoms with van der Waals surface area (Å²) in [5.41, 5.74) is 0.798. The van der Waals surface area contributed by atoms with Gasteiger partial charge in [0.05, 0.1) is 23.4 Å². The van der Waals surface area contributed by atoms with E-state index >= 15 is 0 Å². The predicted molar refractivity (Wildman–Crippen MR) is 114 cm³/mol. The van der Waals surface area contributed by atoms with Crippen LogP contribution < -0.4 is 4.74 Å². The first kappa shape index (κ1) is 20.6. The highest BCUT2D eigenvalue weighted by molar-refractivity contribution is 7.99. The molecule has 0 bridgehead atoms. The maximum Gasteiger partial charge on any atom is 0.273 e. The number of benzene rings is 2. The summed E-state index contributed by atoms with van der Waals surface area (Å²) >= 11 is 1.32. The van der Waals surface area contributed by atoms with Crippen LogP contribution >= 0.6 is 11.8 Å². The van der Waals surface area contributed by atoms with Crippen LogP contribution in [0.4, 0.5) is 5.69 Å². The first-order valence-corrected chi connectivity index (χ1v) is 10.3. The number of aliphatic hydroxyl groups excluding tert-OH is 1. The number of ether oxygens (including phenoxy) is 1. The van der Waals surface area contributed by atoms with Gasteiger partial charge in [-0.1, -0.05) is 36.0 Å². The first-order valence-electron chi connectivity index (χ1n) is 9.34. The largest absolute Gasteiger partial charge is 0.491 e. The molecule has 1 atom stereocenters. The second-order valence-electron chi connectivity index (χ2n) is 6.48. The number of aromatic nitrogens is 3. The third kappa shape index (κ3) is 4.93. The first-order chi connectivity index (χ1) is 15.1. The van der Waals surface area contributed by atoms with Crippen molar-refractivity contribution >= 4 is 17.4 Å². The second kappa shape index (κ2) is 9.45. The molecule has 0 saturated carbocycles. The minimum absolute atomic E-state index is 0.0152. The zero-order valence-corrected chi connectivity index (χ0v) is 17.0. The van der Waals surface area contributed by atoms with E-state index in [-0.39, 0.29) is 18.0 Å². The topological polar surface area (TPSA) is 116 Å². The maximum absolute atomic E-state index is 10.9. The molecule has 4 rings (SSSR count). The van der Waals surface area contributed by atoms with Crippen molar-refractivity contribution in [3.8, 4) is 23.0 Å². The van der Waals surface area contributed by atoms with E-state index in [9.17, 15) is 15.2 Å². The molecule has 31 heavy (non-hydrogen) atoms. The van der Waals surface area contributed by atoms with Gasteiger partial charge in [0, 0.05) is 17.5 Å². The Bertz CT molecular complexity index is 1150. The number of rotatable bonds is 9. The highest BCUT2D eigenvalue weighted by Crippen LogP contribution is 2.28. The molecule has 0 spiro atoms. The second-order valence-corrected chi connectivity index (χ2v) is 7.47. The van der Waals surface area contributed by atoms with Crippen LogP contribution in [0.15, 0.2) is 82.6 Å². The molecule has 0 aliphatic rings. The van der Waals surface area contributed by atoms with Crippen molar-refractivity contribution < 1.29 is 19.2 Å². The fourth-order valence-electron chi connectivity index (χ4n) is 2.84. The van der Waals surface area contributed by atoms with E-state index in [1.807, 2.05) is 34.9 Å². The van der Waals surface area contributed by atoms with Gasteiger partial charge >= 0.3 is 0 Å². The quantitative estimate of drug-likeness (QED) is 0.237. The average Bonchev–Trinajstić information content (AvgIpc) is 3.47. The van der Waals surface area contributed by atoms with Gasteiger partial charge in [-0.3, -0.25) is 14.7 Å². The van der Waals surface area contributed by atoms with Crippen molar-refractivity contribution in [3.63, 3.8) is 0 Å². The van der Waals surface area contributed by atoms with Crippen LogP contribution in [0.3, 0.4) is 0 Å². The van der Waals surface area contributed by atoms with Gasteiger partial charge < -0.3 is 14.3 Å². The average molecular weight is 438 g/mol. The lowest BCUT2D eigenvalue weighted by Gasteiger charge is -2.13. The van der Waals surface area contributed by atoms with E-state index in [1.165, 1.54) is 30.0 Å². The molecule has 2 aromatic heterocycles. The van der Waals surface area contributed by atoms with Crippen molar-refractivity contribution in [1.82, 2.24) is 14.8 Å². The summed E-state index contributed by atoms with van der Waals surface area (Å²) in [6, 6.07) is 19.0. The van der Waals surface area contributed by atoms with Gasteiger partial charge in [0.2, 0.25) is 5.82 Å². The van der Waals surface area contributed by atoms with Crippen molar-refractivity contribution in [3.05, 3.63) is 83.1 Å². The van der Waals surface area contributed by atoms with Crippen molar-refractivity contribution in [2.75, 3.05) is 12.4 Å². The molecule has 2 aromatic carbocycles. The number of hydrogen-bond donors (Lipinski definition) is 1. The fourth-order valence-corrected chi connectivity index (χ4v) is 3.69. The van der Waals surface area contributed by atoms with E-state index in [0.717, 1.165) is 5.69 Å². The number of hydrogen-bond acceptors (Lipinski definition) is 8. The molecular formula is C21H18N4O5S. The van der Waals surface area contributed by atoms with Crippen molar-refractivity contribution in [2.45, 2.75) is 11.3 Å². The van der Waals surface area contributed by atoms with Crippen LogP contribution in [0.25, 0.3) is 17.3 Å². The summed E-state index contributed by atoms with van der Waals surface area (Å²) < 4.78 is 12.8. The molecule has 1 unspecified atom stereocenters. The summed E-state index contributed by atoms with van der Waals surface area (Å²) in [7, 11) is 0.